The van der Waals surface area contributed by atoms with E-state index in [1.807, 2.05) is 43.3 Å². The third-order valence-corrected chi connectivity index (χ3v) is 4.61. The molecule has 0 saturated carbocycles. The summed E-state index contributed by atoms with van der Waals surface area (Å²) in [6.07, 6.45) is 0. The van der Waals surface area contributed by atoms with Crippen LogP contribution < -0.4 is 14.8 Å². The molecular weight excluding hydrogens is 400 g/mol. The zero-order valence-corrected chi connectivity index (χ0v) is 16.9. The van der Waals surface area contributed by atoms with Gasteiger partial charge in [0.2, 0.25) is 0 Å². The monoisotopic (exact) mass is 419 g/mol. The van der Waals surface area contributed by atoms with Gasteiger partial charge in [-0.1, -0.05) is 47.5 Å². The fourth-order valence-corrected chi connectivity index (χ4v) is 3.20. The number of para-hydroxylation sites is 1. The third kappa shape index (κ3) is 5.31. The Bertz CT molecular complexity index is 950. The molecule has 0 atom stereocenters. The van der Waals surface area contributed by atoms with E-state index in [0.717, 1.165) is 11.3 Å². The van der Waals surface area contributed by atoms with Crippen molar-refractivity contribution in [1.82, 2.24) is 0 Å². The number of anilines is 1. The van der Waals surface area contributed by atoms with Crippen LogP contribution in [0, 0.1) is 5.82 Å². The van der Waals surface area contributed by atoms with Gasteiger partial charge in [0.05, 0.1) is 22.3 Å². The molecule has 28 heavy (non-hydrogen) atoms. The molecule has 0 heterocycles. The van der Waals surface area contributed by atoms with E-state index in [1.165, 1.54) is 12.1 Å². The van der Waals surface area contributed by atoms with Crippen molar-refractivity contribution in [3.63, 3.8) is 0 Å². The first-order valence-electron chi connectivity index (χ1n) is 8.87. The Balaban J connectivity index is 1.76. The van der Waals surface area contributed by atoms with E-state index in [1.54, 1.807) is 12.1 Å². The Morgan fingerprint density at radius 1 is 0.893 bits per heavy atom. The summed E-state index contributed by atoms with van der Waals surface area (Å²) in [5.74, 6) is 0.676. The van der Waals surface area contributed by atoms with Gasteiger partial charge in [-0.2, -0.15) is 0 Å². The van der Waals surface area contributed by atoms with Crippen molar-refractivity contribution in [3.8, 4) is 11.5 Å². The van der Waals surface area contributed by atoms with Crippen LogP contribution in [0.15, 0.2) is 60.7 Å². The minimum Gasteiger partial charge on any atom is -0.490 e. The summed E-state index contributed by atoms with van der Waals surface area (Å²) in [5, 5.41) is 4.36. The van der Waals surface area contributed by atoms with Crippen molar-refractivity contribution in [2.24, 2.45) is 0 Å². The number of halogens is 3. The van der Waals surface area contributed by atoms with Crippen molar-refractivity contribution >= 4 is 28.9 Å². The van der Waals surface area contributed by atoms with E-state index in [-0.39, 0.29) is 12.4 Å². The van der Waals surface area contributed by atoms with Gasteiger partial charge in [-0.05, 0) is 54.4 Å². The number of hydrogen-bond donors (Lipinski definition) is 1. The van der Waals surface area contributed by atoms with Gasteiger partial charge in [0.15, 0.2) is 11.5 Å². The molecule has 146 valence electrons. The molecule has 3 nitrogen and oxygen atoms in total. The Morgan fingerprint density at radius 3 is 2.46 bits per heavy atom. The third-order valence-electron chi connectivity index (χ3n) is 4.00. The van der Waals surface area contributed by atoms with Crippen LogP contribution in [-0.4, -0.2) is 6.61 Å². The van der Waals surface area contributed by atoms with Crippen molar-refractivity contribution in [2.75, 3.05) is 11.9 Å². The van der Waals surface area contributed by atoms with Crippen LogP contribution in [-0.2, 0) is 13.2 Å². The van der Waals surface area contributed by atoms with E-state index < -0.39 is 0 Å². The van der Waals surface area contributed by atoms with Crippen molar-refractivity contribution in [1.29, 1.82) is 0 Å². The van der Waals surface area contributed by atoms with Crippen LogP contribution in [0.2, 0.25) is 10.0 Å². The van der Waals surface area contributed by atoms with Crippen LogP contribution in [0.5, 0.6) is 11.5 Å². The quantitative estimate of drug-likeness (QED) is 0.439. The second-order valence-electron chi connectivity index (χ2n) is 6.09. The van der Waals surface area contributed by atoms with Crippen LogP contribution in [0.25, 0.3) is 0 Å². The fourth-order valence-electron chi connectivity index (χ4n) is 2.71. The highest BCUT2D eigenvalue weighted by atomic mass is 35.5. The van der Waals surface area contributed by atoms with Crippen molar-refractivity contribution in [3.05, 3.63) is 87.7 Å². The second-order valence-corrected chi connectivity index (χ2v) is 6.90. The minimum atomic E-state index is -0.307. The summed E-state index contributed by atoms with van der Waals surface area (Å²) in [6.45, 7) is 3.06. The number of ether oxygens (including phenoxy) is 2. The van der Waals surface area contributed by atoms with Gasteiger partial charge in [0.1, 0.15) is 12.4 Å². The van der Waals surface area contributed by atoms with Crippen LogP contribution in [0.4, 0.5) is 10.1 Å². The fraction of sp³-hybridized carbons (Fsp3) is 0.182. The van der Waals surface area contributed by atoms with Gasteiger partial charge < -0.3 is 14.8 Å². The summed E-state index contributed by atoms with van der Waals surface area (Å²) in [4.78, 5) is 0. The molecule has 0 saturated heterocycles. The SMILES string of the molecule is CCOc1cc(CNc2ccccc2Cl)cc(Cl)c1OCc1cccc(F)c1. The molecule has 0 spiro atoms. The summed E-state index contributed by atoms with van der Waals surface area (Å²) in [6, 6.07) is 17.5. The summed E-state index contributed by atoms with van der Waals surface area (Å²) < 4.78 is 24.9. The molecule has 0 aromatic heterocycles. The first-order chi connectivity index (χ1) is 13.6. The van der Waals surface area contributed by atoms with Gasteiger partial charge in [0.25, 0.3) is 0 Å². The lowest BCUT2D eigenvalue weighted by Gasteiger charge is -2.16. The van der Waals surface area contributed by atoms with Gasteiger partial charge in [-0.25, -0.2) is 4.39 Å². The lowest BCUT2D eigenvalue weighted by atomic mass is 10.2. The molecule has 3 aromatic rings. The lowest BCUT2D eigenvalue weighted by Crippen LogP contribution is -2.04. The first kappa shape index (κ1) is 20.3. The molecule has 0 aliphatic carbocycles. The van der Waals surface area contributed by atoms with E-state index in [4.69, 9.17) is 32.7 Å². The van der Waals surface area contributed by atoms with Crippen LogP contribution in [0.3, 0.4) is 0 Å². The standard InChI is InChI=1S/C22H20Cl2FNO2/c1-2-27-21-12-16(13-26-20-9-4-3-8-18(20)23)11-19(24)22(21)28-14-15-6-5-7-17(25)10-15/h3-12,26H,2,13-14H2,1H3. The number of rotatable bonds is 8. The molecule has 0 fully saturated rings. The van der Waals surface area contributed by atoms with Crippen LogP contribution >= 0.6 is 23.2 Å². The molecule has 6 heteroatoms. The highest BCUT2D eigenvalue weighted by molar-refractivity contribution is 6.33. The zero-order chi connectivity index (χ0) is 19.9. The Labute approximate surface area is 174 Å². The minimum absolute atomic E-state index is 0.189. The second kappa shape index (κ2) is 9.67. The topological polar surface area (TPSA) is 30.5 Å². The lowest BCUT2D eigenvalue weighted by molar-refractivity contribution is 0.269. The summed E-state index contributed by atoms with van der Waals surface area (Å²) in [7, 11) is 0. The summed E-state index contributed by atoms with van der Waals surface area (Å²) >= 11 is 12.6. The van der Waals surface area contributed by atoms with Gasteiger partial charge in [-0.3, -0.25) is 0 Å². The maximum atomic E-state index is 13.4. The van der Waals surface area contributed by atoms with E-state index in [9.17, 15) is 4.39 Å². The highest BCUT2D eigenvalue weighted by Gasteiger charge is 2.13. The maximum Gasteiger partial charge on any atom is 0.180 e. The normalized spacial score (nSPS) is 10.6. The smallest absolute Gasteiger partial charge is 0.180 e. The van der Waals surface area contributed by atoms with E-state index in [0.29, 0.717) is 40.3 Å². The van der Waals surface area contributed by atoms with E-state index in [2.05, 4.69) is 5.32 Å². The number of hydrogen-bond acceptors (Lipinski definition) is 3. The molecule has 3 rings (SSSR count). The van der Waals surface area contributed by atoms with E-state index >= 15 is 0 Å². The molecule has 0 aliphatic heterocycles. The Kier molecular flexibility index (Phi) is 7.01. The molecule has 0 radical (unpaired) electrons. The Morgan fingerprint density at radius 2 is 1.71 bits per heavy atom. The average molecular weight is 420 g/mol. The number of benzene rings is 3. The molecule has 0 amide bonds. The predicted molar refractivity (Wildman–Crippen MR) is 112 cm³/mol. The molecule has 0 bridgehead atoms. The maximum absolute atomic E-state index is 13.4. The molecule has 1 N–H and O–H groups in total. The zero-order valence-electron chi connectivity index (χ0n) is 15.3. The Hall–Kier alpha value is -2.43. The van der Waals surface area contributed by atoms with Gasteiger partial charge in [-0.15, -0.1) is 0 Å². The molecular formula is C22H20Cl2FNO2. The van der Waals surface area contributed by atoms with Crippen molar-refractivity contribution in [2.45, 2.75) is 20.1 Å². The van der Waals surface area contributed by atoms with Crippen molar-refractivity contribution < 1.29 is 13.9 Å². The summed E-state index contributed by atoms with van der Waals surface area (Å²) in [5.41, 5.74) is 2.47. The van der Waals surface area contributed by atoms with Crippen LogP contribution in [0.1, 0.15) is 18.1 Å². The highest BCUT2D eigenvalue weighted by Crippen LogP contribution is 2.37. The largest absolute Gasteiger partial charge is 0.490 e. The first-order valence-corrected chi connectivity index (χ1v) is 9.63. The van der Waals surface area contributed by atoms with Gasteiger partial charge in [0, 0.05) is 6.54 Å². The predicted octanol–water partition coefficient (Wildman–Crippen LogP) is 6.72. The average Bonchev–Trinajstić information content (AvgIpc) is 2.67. The number of nitrogens with one attached hydrogen (secondary N) is 1. The molecule has 3 aromatic carbocycles. The molecule has 0 aliphatic rings. The van der Waals surface area contributed by atoms with Gasteiger partial charge >= 0.3 is 0 Å². The molecule has 0 unspecified atom stereocenters.